The molecule has 2 N–H and O–H groups in total. The number of carbonyl (C=O) groups is 1. The summed E-state index contributed by atoms with van der Waals surface area (Å²) in [5, 5.41) is 16.3. The van der Waals surface area contributed by atoms with E-state index in [0.717, 1.165) is 18.7 Å². The molecule has 5 nitrogen and oxygen atoms in total. The average Bonchev–Trinajstić information content (AvgIpc) is 3.04. The molecule has 1 atom stereocenters. The summed E-state index contributed by atoms with van der Waals surface area (Å²) < 4.78 is 0. The Morgan fingerprint density at radius 2 is 2.19 bits per heavy atom. The van der Waals surface area contributed by atoms with Gasteiger partial charge in [0.25, 0.3) is 5.91 Å². The van der Waals surface area contributed by atoms with E-state index in [4.69, 9.17) is 0 Å². The van der Waals surface area contributed by atoms with Crippen LogP contribution in [0, 0.1) is 5.92 Å². The van der Waals surface area contributed by atoms with Crippen molar-refractivity contribution >= 4 is 17.2 Å². The van der Waals surface area contributed by atoms with Crippen molar-refractivity contribution in [1.82, 2.24) is 15.3 Å². The van der Waals surface area contributed by atoms with Gasteiger partial charge in [-0.25, -0.2) is 9.97 Å². The molecule has 0 unspecified atom stereocenters. The molecule has 2 heterocycles. The summed E-state index contributed by atoms with van der Waals surface area (Å²) in [6.45, 7) is 2.44. The fourth-order valence-electron chi connectivity index (χ4n) is 1.94. The average molecular weight is 305 g/mol. The van der Waals surface area contributed by atoms with Gasteiger partial charge in [-0.05, 0) is 28.8 Å². The van der Waals surface area contributed by atoms with E-state index < -0.39 is 0 Å². The Hall–Kier alpha value is -1.79. The van der Waals surface area contributed by atoms with Crippen molar-refractivity contribution in [3.63, 3.8) is 0 Å². The maximum absolute atomic E-state index is 12.0. The Bertz CT molecular complexity index is 555. The van der Waals surface area contributed by atoms with Crippen molar-refractivity contribution in [2.45, 2.75) is 19.8 Å². The summed E-state index contributed by atoms with van der Waals surface area (Å²) in [7, 11) is 0. The molecule has 0 aliphatic rings. The minimum Gasteiger partial charge on any atom is -0.396 e. The number of carbonyl (C=O) groups excluding carboxylic acids is 1. The van der Waals surface area contributed by atoms with Crippen molar-refractivity contribution in [2.24, 2.45) is 5.92 Å². The molecule has 2 aromatic rings. The van der Waals surface area contributed by atoms with Gasteiger partial charge in [-0.1, -0.05) is 6.92 Å². The summed E-state index contributed by atoms with van der Waals surface area (Å²) in [5.74, 6) is 0.526. The molecule has 0 aliphatic carbocycles. The Balaban J connectivity index is 1.86. The molecule has 0 aliphatic heterocycles. The number of aromatic nitrogens is 2. The number of aliphatic hydroxyl groups excluding tert-OH is 1. The topological polar surface area (TPSA) is 75.1 Å². The first-order chi connectivity index (χ1) is 10.2. The lowest BCUT2D eigenvalue weighted by Gasteiger charge is -2.14. The first-order valence-corrected chi connectivity index (χ1v) is 7.88. The lowest BCUT2D eigenvalue weighted by Crippen LogP contribution is -2.32. The zero-order valence-corrected chi connectivity index (χ0v) is 12.8. The van der Waals surface area contributed by atoms with Crippen LogP contribution in [0.1, 0.15) is 28.7 Å². The lowest BCUT2D eigenvalue weighted by atomic mass is 10.0. The standard InChI is InChI=1S/C15H19N3O2S/c1-2-14-16-7-13(8-17-14)15(20)18-6-12(9-19)5-11-3-4-21-10-11/h3-4,7-8,10,12,19H,2,5-6,9H2,1H3,(H,18,20)/t12-/m0/s1. The predicted octanol–water partition coefficient (Wildman–Crippen LogP) is 1.68. The molecule has 0 aromatic carbocycles. The third-order valence-corrected chi connectivity index (χ3v) is 3.93. The van der Waals surface area contributed by atoms with Crippen LogP contribution >= 0.6 is 11.3 Å². The Morgan fingerprint density at radius 1 is 1.43 bits per heavy atom. The number of aryl methyl sites for hydroxylation is 1. The van der Waals surface area contributed by atoms with Crippen LogP contribution in [0.3, 0.4) is 0 Å². The van der Waals surface area contributed by atoms with Gasteiger partial charge < -0.3 is 10.4 Å². The molecule has 2 rings (SSSR count). The van der Waals surface area contributed by atoms with E-state index in [2.05, 4.69) is 20.7 Å². The van der Waals surface area contributed by atoms with Crippen LogP contribution in [0.2, 0.25) is 0 Å². The van der Waals surface area contributed by atoms with Crippen molar-refractivity contribution in [2.75, 3.05) is 13.2 Å². The highest BCUT2D eigenvalue weighted by atomic mass is 32.1. The second-order valence-electron chi connectivity index (χ2n) is 4.84. The number of hydrogen-bond acceptors (Lipinski definition) is 5. The van der Waals surface area contributed by atoms with Gasteiger partial charge in [0.15, 0.2) is 0 Å². The number of aliphatic hydroxyl groups is 1. The van der Waals surface area contributed by atoms with Gasteiger partial charge in [0.2, 0.25) is 0 Å². The van der Waals surface area contributed by atoms with Crippen LogP contribution < -0.4 is 5.32 Å². The van der Waals surface area contributed by atoms with E-state index in [1.54, 1.807) is 11.3 Å². The Morgan fingerprint density at radius 3 is 2.76 bits per heavy atom. The summed E-state index contributed by atoms with van der Waals surface area (Å²) in [4.78, 5) is 20.2. The molecule has 0 saturated carbocycles. The Kier molecular flexibility index (Phi) is 5.83. The number of nitrogens with zero attached hydrogens (tertiary/aromatic N) is 2. The highest BCUT2D eigenvalue weighted by molar-refractivity contribution is 7.07. The zero-order chi connectivity index (χ0) is 15.1. The van der Waals surface area contributed by atoms with E-state index in [1.807, 2.05) is 18.4 Å². The van der Waals surface area contributed by atoms with E-state index in [0.29, 0.717) is 12.1 Å². The molecule has 21 heavy (non-hydrogen) atoms. The number of hydrogen-bond donors (Lipinski definition) is 2. The van der Waals surface area contributed by atoms with Gasteiger partial charge in [-0.15, -0.1) is 0 Å². The van der Waals surface area contributed by atoms with E-state index in [1.165, 1.54) is 18.0 Å². The van der Waals surface area contributed by atoms with Gasteiger partial charge in [0.05, 0.1) is 5.56 Å². The molecule has 0 bridgehead atoms. The molecule has 0 saturated heterocycles. The van der Waals surface area contributed by atoms with Gasteiger partial charge in [-0.2, -0.15) is 11.3 Å². The SMILES string of the molecule is CCc1ncc(C(=O)NC[C@@H](CO)Cc2ccsc2)cn1. The molecule has 0 radical (unpaired) electrons. The number of rotatable bonds is 7. The van der Waals surface area contributed by atoms with E-state index in [9.17, 15) is 9.90 Å². The van der Waals surface area contributed by atoms with Crippen molar-refractivity contribution in [1.29, 1.82) is 0 Å². The molecule has 0 fully saturated rings. The molecule has 2 aromatic heterocycles. The van der Waals surface area contributed by atoms with Gasteiger partial charge in [-0.3, -0.25) is 4.79 Å². The van der Waals surface area contributed by atoms with Crippen LogP contribution in [0.25, 0.3) is 0 Å². The monoisotopic (exact) mass is 305 g/mol. The predicted molar refractivity (Wildman–Crippen MR) is 82.3 cm³/mol. The first-order valence-electron chi connectivity index (χ1n) is 6.94. The number of amides is 1. The normalized spacial score (nSPS) is 12.1. The second kappa shape index (κ2) is 7.85. The summed E-state index contributed by atoms with van der Waals surface area (Å²) in [5.41, 5.74) is 1.63. The molecule has 112 valence electrons. The maximum atomic E-state index is 12.0. The van der Waals surface area contributed by atoms with Crippen LogP contribution in [0.5, 0.6) is 0 Å². The smallest absolute Gasteiger partial charge is 0.254 e. The van der Waals surface area contributed by atoms with Crippen LogP contribution in [-0.4, -0.2) is 34.1 Å². The largest absolute Gasteiger partial charge is 0.396 e. The summed E-state index contributed by atoms with van der Waals surface area (Å²) in [6, 6.07) is 2.03. The molecular formula is C15H19N3O2S. The summed E-state index contributed by atoms with van der Waals surface area (Å²) in [6.07, 6.45) is 4.57. The second-order valence-corrected chi connectivity index (χ2v) is 5.62. The fraction of sp³-hybridized carbons (Fsp3) is 0.400. The number of thiophene rings is 1. The first kappa shape index (κ1) is 15.6. The van der Waals surface area contributed by atoms with E-state index in [-0.39, 0.29) is 18.4 Å². The van der Waals surface area contributed by atoms with Crippen molar-refractivity contribution in [3.05, 3.63) is 46.2 Å². The third kappa shape index (κ3) is 4.61. The maximum Gasteiger partial charge on any atom is 0.254 e. The highest BCUT2D eigenvalue weighted by Gasteiger charge is 2.12. The van der Waals surface area contributed by atoms with Crippen LogP contribution in [0.15, 0.2) is 29.2 Å². The molecule has 1 amide bonds. The van der Waals surface area contributed by atoms with Gasteiger partial charge in [0.1, 0.15) is 5.82 Å². The molecule has 0 spiro atoms. The molecular weight excluding hydrogens is 286 g/mol. The van der Waals surface area contributed by atoms with Gasteiger partial charge >= 0.3 is 0 Å². The molecule has 6 heteroatoms. The quantitative estimate of drug-likeness (QED) is 0.816. The van der Waals surface area contributed by atoms with Crippen LogP contribution in [-0.2, 0) is 12.8 Å². The van der Waals surface area contributed by atoms with Crippen molar-refractivity contribution in [3.8, 4) is 0 Å². The summed E-state index contributed by atoms with van der Waals surface area (Å²) >= 11 is 1.63. The van der Waals surface area contributed by atoms with Crippen LogP contribution in [0.4, 0.5) is 0 Å². The minimum atomic E-state index is -0.207. The lowest BCUT2D eigenvalue weighted by molar-refractivity contribution is 0.0939. The zero-order valence-electron chi connectivity index (χ0n) is 12.0. The third-order valence-electron chi connectivity index (χ3n) is 3.20. The fourth-order valence-corrected chi connectivity index (χ4v) is 2.62. The Labute approximate surface area is 128 Å². The highest BCUT2D eigenvalue weighted by Crippen LogP contribution is 2.12. The van der Waals surface area contributed by atoms with Gasteiger partial charge in [0, 0.05) is 37.9 Å². The van der Waals surface area contributed by atoms with E-state index >= 15 is 0 Å². The van der Waals surface area contributed by atoms with Crippen molar-refractivity contribution < 1.29 is 9.90 Å². The number of nitrogens with one attached hydrogen (secondary N) is 1. The minimum absolute atomic E-state index is 0.0133.